The van der Waals surface area contributed by atoms with Crippen LogP contribution in [0.5, 0.6) is 0 Å². The molecule has 0 fully saturated rings. The van der Waals surface area contributed by atoms with Crippen molar-refractivity contribution >= 4 is 0 Å². The average Bonchev–Trinajstić information content (AvgIpc) is 2.27. The number of nitrogens with two attached hydrogens (primary N) is 1. The molecule has 2 nitrogen and oxygen atoms in total. The summed E-state index contributed by atoms with van der Waals surface area (Å²) >= 11 is 0. The molecule has 0 spiro atoms. The van der Waals surface area contributed by atoms with Gasteiger partial charge in [0.05, 0.1) is 0 Å². The van der Waals surface area contributed by atoms with Gasteiger partial charge in [-0.3, -0.25) is 0 Å². The maximum atomic E-state index is 12.8. The van der Waals surface area contributed by atoms with Crippen LogP contribution in [0.1, 0.15) is 24.9 Å². The summed E-state index contributed by atoms with van der Waals surface area (Å²) in [6.45, 7) is 2.75. The van der Waals surface area contributed by atoms with Gasteiger partial charge in [0.1, 0.15) is 5.82 Å². The summed E-state index contributed by atoms with van der Waals surface area (Å²) in [5.41, 5.74) is 6.81. The zero-order valence-corrected chi connectivity index (χ0v) is 9.33. The Morgan fingerprint density at radius 2 is 1.93 bits per heavy atom. The number of benzene rings is 1. The maximum absolute atomic E-state index is 12.8. The van der Waals surface area contributed by atoms with Crippen LogP contribution >= 0.6 is 0 Å². The van der Waals surface area contributed by atoms with Crippen LogP contribution in [0.3, 0.4) is 0 Å². The number of hydrogen-bond donors (Lipinski definition) is 2. The van der Waals surface area contributed by atoms with Crippen LogP contribution in [0.2, 0.25) is 0 Å². The molecule has 2 atom stereocenters. The molecule has 0 heterocycles. The molecular weight excluding hydrogens is 191 g/mol. The van der Waals surface area contributed by atoms with Crippen molar-refractivity contribution in [3.8, 4) is 0 Å². The summed E-state index contributed by atoms with van der Waals surface area (Å²) in [5.74, 6) is 0.190. The van der Waals surface area contributed by atoms with Crippen LogP contribution in [-0.4, -0.2) is 13.6 Å². The van der Waals surface area contributed by atoms with E-state index < -0.39 is 0 Å². The Bertz CT molecular complexity index is 280. The van der Waals surface area contributed by atoms with Gasteiger partial charge in [0.2, 0.25) is 0 Å². The third kappa shape index (κ3) is 3.01. The van der Waals surface area contributed by atoms with E-state index in [1.807, 2.05) is 19.2 Å². The van der Waals surface area contributed by atoms with Crippen LogP contribution in [0.4, 0.5) is 4.39 Å². The molecule has 3 heteroatoms. The zero-order valence-electron chi connectivity index (χ0n) is 9.33. The monoisotopic (exact) mass is 210 g/mol. The Morgan fingerprint density at radius 1 is 1.33 bits per heavy atom. The van der Waals surface area contributed by atoms with Crippen molar-refractivity contribution < 1.29 is 4.39 Å². The highest BCUT2D eigenvalue weighted by atomic mass is 19.1. The van der Waals surface area contributed by atoms with Crippen LogP contribution in [0.15, 0.2) is 24.3 Å². The first-order valence-corrected chi connectivity index (χ1v) is 5.35. The zero-order chi connectivity index (χ0) is 11.3. The Balaban J connectivity index is 2.86. The standard InChI is InChI=1S/C12H19FN2/c1-3-9(8-14)12(15-2)10-4-6-11(13)7-5-10/h4-7,9,12,15H,3,8,14H2,1-2H3. The van der Waals surface area contributed by atoms with E-state index in [0.717, 1.165) is 12.0 Å². The minimum atomic E-state index is -0.200. The lowest BCUT2D eigenvalue weighted by Gasteiger charge is -2.25. The summed E-state index contributed by atoms with van der Waals surface area (Å²) in [6, 6.07) is 6.82. The molecule has 0 aliphatic heterocycles. The van der Waals surface area contributed by atoms with Crippen LogP contribution in [0, 0.1) is 11.7 Å². The third-order valence-electron chi connectivity index (χ3n) is 2.84. The molecule has 84 valence electrons. The topological polar surface area (TPSA) is 38.0 Å². The average molecular weight is 210 g/mol. The fraction of sp³-hybridized carbons (Fsp3) is 0.500. The van der Waals surface area contributed by atoms with Crippen LogP contribution in [-0.2, 0) is 0 Å². The Kier molecular flexibility index (Phi) is 4.72. The summed E-state index contributed by atoms with van der Waals surface area (Å²) in [5, 5.41) is 3.24. The normalized spacial score (nSPS) is 14.9. The largest absolute Gasteiger partial charge is 0.330 e. The molecule has 0 saturated heterocycles. The third-order valence-corrected chi connectivity index (χ3v) is 2.84. The van der Waals surface area contributed by atoms with E-state index in [1.54, 1.807) is 0 Å². The Labute approximate surface area is 90.7 Å². The van der Waals surface area contributed by atoms with E-state index in [1.165, 1.54) is 12.1 Å². The Hall–Kier alpha value is -0.930. The van der Waals surface area contributed by atoms with Crippen molar-refractivity contribution in [1.29, 1.82) is 0 Å². The molecule has 0 saturated carbocycles. The van der Waals surface area contributed by atoms with E-state index in [2.05, 4.69) is 12.2 Å². The van der Waals surface area contributed by atoms with E-state index >= 15 is 0 Å². The van der Waals surface area contributed by atoms with Crippen molar-refractivity contribution in [2.45, 2.75) is 19.4 Å². The molecule has 15 heavy (non-hydrogen) atoms. The van der Waals surface area contributed by atoms with E-state index in [0.29, 0.717) is 12.5 Å². The molecule has 2 unspecified atom stereocenters. The molecule has 1 aromatic rings. The van der Waals surface area contributed by atoms with Crippen molar-refractivity contribution in [2.24, 2.45) is 11.7 Å². The van der Waals surface area contributed by atoms with Gasteiger partial charge in [0.15, 0.2) is 0 Å². The SMILES string of the molecule is CCC(CN)C(NC)c1ccc(F)cc1. The molecule has 0 aliphatic rings. The first-order valence-electron chi connectivity index (χ1n) is 5.35. The maximum Gasteiger partial charge on any atom is 0.123 e. The molecule has 1 aromatic carbocycles. The van der Waals surface area contributed by atoms with E-state index in [-0.39, 0.29) is 11.9 Å². The smallest absolute Gasteiger partial charge is 0.123 e. The molecule has 0 bridgehead atoms. The lowest BCUT2D eigenvalue weighted by atomic mass is 9.91. The van der Waals surface area contributed by atoms with Crippen molar-refractivity contribution in [2.75, 3.05) is 13.6 Å². The second-order valence-corrected chi connectivity index (χ2v) is 3.72. The van der Waals surface area contributed by atoms with E-state index in [4.69, 9.17) is 5.73 Å². The van der Waals surface area contributed by atoms with Crippen molar-refractivity contribution in [3.05, 3.63) is 35.6 Å². The van der Waals surface area contributed by atoms with Crippen molar-refractivity contribution in [1.82, 2.24) is 5.32 Å². The van der Waals surface area contributed by atoms with Crippen LogP contribution in [0.25, 0.3) is 0 Å². The number of halogens is 1. The van der Waals surface area contributed by atoms with Crippen molar-refractivity contribution in [3.63, 3.8) is 0 Å². The van der Waals surface area contributed by atoms with Crippen LogP contribution < -0.4 is 11.1 Å². The molecular formula is C12H19FN2. The molecule has 0 amide bonds. The van der Waals surface area contributed by atoms with Gasteiger partial charge in [0, 0.05) is 6.04 Å². The lowest BCUT2D eigenvalue weighted by Crippen LogP contribution is -2.30. The van der Waals surface area contributed by atoms with E-state index in [9.17, 15) is 4.39 Å². The highest BCUT2D eigenvalue weighted by molar-refractivity contribution is 5.20. The Morgan fingerprint density at radius 3 is 2.33 bits per heavy atom. The summed E-state index contributed by atoms with van der Waals surface area (Å²) in [7, 11) is 1.91. The summed E-state index contributed by atoms with van der Waals surface area (Å²) < 4.78 is 12.8. The van der Waals surface area contributed by atoms with Gasteiger partial charge in [-0.1, -0.05) is 25.5 Å². The lowest BCUT2D eigenvalue weighted by molar-refractivity contribution is 0.378. The van der Waals surface area contributed by atoms with Gasteiger partial charge in [-0.25, -0.2) is 4.39 Å². The second-order valence-electron chi connectivity index (χ2n) is 3.72. The van der Waals surface area contributed by atoms with Gasteiger partial charge in [-0.2, -0.15) is 0 Å². The van der Waals surface area contributed by atoms with Gasteiger partial charge in [-0.05, 0) is 37.2 Å². The number of rotatable bonds is 5. The molecule has 0 aliphatic carbocycles. The first kappa shape index (κ1) is 12.1. The predicted octanol–water partition coefficient (Wildman–Crippen LogP) is 2.07. The summed E-state index contributed by atoms with van der Waals surface area (Å²) in [4.78, 5) is 0. The van der Waals surface area contributed by atoms with Gasteiger partial charge < -0.3 is 11.1 Å². The predicted molar refractivity (Wildman–Crippen MR) is 61.0 cm³/mol. The number of nitrogens with one attached hydrogen (secondary N) is 1. The second kappa shape index (κ2) is 5.83. The van der Waals surface area contributed by atoms with Gasteiger partial charge >= 0.3 is 0 Å². The van der Waals surface area contributed by atoms with Gasteiger partial charge in [-0.15, -0.1) is 0 Å². The number of hydrogen-bond acceptors (Lipinski definition) is 2. The fourth-order valence-electron chi connectivity index (χ4n) is 1.88. The fourth-order valence-corrected chi connectivity index (χ4v) is 1.88. The minimum absolute atomic E-state index is 0.200. The highest BCUT2D eigenvalue weighted by Gasteiger charge is 2.18. The molecule has 3 N–H and O–H groups in total. The first-order chi connectivity index (χ1) is 7.22. The minimum Gasteiger partial charge on any atom is -0.330 e. The molecule has 1 rings (SSSR count). The summed E-state index contributed by atoms with van der Waals surface area (Å²) in [6.07, 6.45) is 1.01. The highest BCUT2D eigenvalue weighted by Crippen LogP contribution is 2.23. The molecule has 0 radical (unpaired) electrons. The molecule has 0 aromatic heterocycles. The van der Waals surface area contributed by atoms with Gasteiger partial charge in [0.25, 0.3) is 0 Å². The quantitative estimate of drug-likeness (QED) is 0.780.